The van der Waals surface area contributed by atoms with Crippen molar-refractivity contribution in [3.63, 3.8) is 0 Å². The van der Waals surface area contributed by atoms with Crippen LogP contribution in [0.3, 0.4) is 0 Å². The van der Waals surface area contributed by atoms with Gasteiger partial charge in [0.15, 0.2) is 0 Å². The van der Waals surface area contributed by atoms with Gasteiger partial charge in [0, 0.05) is 12.3 Å². The molecule has 9 atom stereocenters. The molecule has 4 aliphatic carbocycles. The standard InChI is InChI=1S/C27H46O2/c1-17(2)7-6-8-18(3)21-9-10-22-20-16-25(29)24-15-19(28)11-13-27(24,5)23(20)12-14-26(21,22)4/h17-24,28H,6-16H2,1-5H3/t18-,19-,20+,21-,22+,23+,24+,26-,27+/m0/s1. The summed E-state index contributed by atoms with van der Waals surface area (Å²) >= 11 is 0. The number of carbonyl (C=O) groups is 1. The van der Waals surface area contributed by atoms with E-state index >= 15 is 0 Å². The maximum atomic E-state index is 13.2. The molecular formula is C27H46O2. The summed E-state index contributed by atoms with van der Waals surface area (Å²) in [7, 11) is 0. The number of rotatable bonds is 5. The van der Waals surface area contributed by atoms with Gasteiger partial charge in [0.2, 0.25) is 0 Å². The maximum absolute atomic E-state index is 13.2. The van der Waals surface area contributed by atoms with Gasteiger partial charge >= 0.3 is 0 Å². The van der Waals surface area contributed by atoms with E-state index in [1.54, 1.807) is 0 Å². The summed E-state index contributed by atoms with van der Waals surface area (Å²) in [5, 5.41) is 10.2. The number of fused-ring (bicyclic) bond motifs is 5. The molecule has 166 valence electrons. The minimum absolute atomic E-state index is 0.129. The SMILES string of the molecule is CC(C)CCC[C@H](C)[C@@H]1CC[C@@H]2[C@H]3CC(=O)[C@H]4C[C@@H](O)CC[C@]4(C)[C@@H]3CC[C@]21C. The summed E-state index contributed by atoms with van der Waals surface area (Å²) < 4.78 is 0. The molecule has 4 aliphatic rings. The zero-order valence-electron chi connectivity index (χ0n) is 19.8. The van der Waals surface area contributed by atoms with E-state index in [4.69, 9.17) is 0 Å². The lowest BCUT2D eigenvalue weighted by Gasteiger charge is -2.60. The zero-order valence-corrected chi connectivity index (χ0v) is 19.8. The summed E-state index contributed by atoms with van der Waals surface area (Å²) in [5.41, 5.74) is 0.609. The number of hydrogen-bond donors (Lipinski definition) is 1. The van der Waals surface area contributed by atoms with Gasteiger partial charge in [-0.1, -0.05) is 53.9 Å². The van der Waals surface area contributed by atoms with E-state index in [9.17, 15) is 9.90 Å². The van der Waals surface area contributed by atoms with E-state index in [1.165, 1.54) is 44.9 Å². The van der Waals surface area contributed by atoms with E-state index < -0.39 is 0 Å². The van der Waals surface area contributed by atoms with Gasteiger partial charge in [-0.2, -0.15) is 0 Å². The van der Waals surface area contributed by atoms with Crippen LogP contribution < -0.4 is 0 Å². The molecule has 29 heavy (non-hydrogen) atoms. The van der Waals surface area contributed by atoms with E-state index in [0.29, 0.717) is 23.0 Å². The zero-order chi connectivity index (χ0) is 21.0. The molecule has 0 aromatic carbocycles. The molecule has 0 aliphatic heterocycles. The minimum atomic E-state index is -0.245. The van der Waals surface area contributed by atoms with Gasteiger partial charge in [-0.25, -0.2) is 0 Å². The predicted molar refractivity (Wildman–Crippen MR) is 119 cm³/mol. The monoisotopic (exact) mass is 402 g/mol. The lowest BCUT2D eigenvalue weighted by atomic mass is 9.44. The van der Waals surface area contributed by atoms with E-state index in [1.807, 2.05) is 0 Å². The Labute approximate surface area is 179 Å². The van der Waals surface area contributed by atoms with Crippen molar-refractivity contribution < 1.29 is 9.90 Å². The molecule has 2 heteroatoms. The summed E-state index contributed by atoms with van der Waals surface area (Å²) in [6.45, 7) is 12.2. The first-order valence-corrected chi connectivity index (χ1v) is 12.9. The first-order valence-electron chi connectivity index (χ1n) is 12.9. The Balaban J connectivity index is 1.50. The highest BCUT2D eigenvalue weighted by molar-refractivity contribution is 5.83. The van der Waals surface area contributed by atoms with Crippen molar-refractivity contribution in [3.05, 3.63) is 0 Å². The van der Waals surface area contributed by atoms with Crippen molar-refractivity contribution >= 4 is 5.78 Å². The quantitative estimate of drug-likeness (QED) is 0.559. The summed E-state index contributed by atoms with van der Waals surface area (Å²) in [4.78, 5) is 13.2. The molecule has 0 saturated heterocycles. The lowest BCUT2D eigenvalue weighted by Crippen LogP contribution is -2.57. The van der Waals surface area contributed by atoms with Crippen LogP contribution in [0, 0.1) is 52.3 Å². The predicted octanol–water partition coefficient (Wildman–Crippen LogP) is 6.65. The Bertz CT molecular complexity index is 612. The fourth-order valence-corrected chi connectivity index (χ4v) is 9.04. The van der Waals surface area contributed by atoms with E-state index in [0.717, 1.165) is 49.4 Å². The van der Waals surface area contributed by atoms with Crippen molar-refractivity contribution in [2.75, 3.05) is 0 Å². The Morgan fingerprint density at radius 3 is 2.38 bits per heavy atom. The molecule has 4 saturated carbocycles. The van der Waals surface area contributed by atoms with Gasteiger partial charge in [-0.05, 0) is 91.3 Å². The molecule has 0 spiro atoms. The van der Waals surface area contributed by atoms with Crippen molar-refractivity contribution in [1.82, 2.24) is 0 Å². The fraction of sp³-hybridized carbons (Fsp3) is 0.963. The highest BCUT2D eigenvalue weighted by Crippen LogP contribution is 2.67. The second-order valence-corrected chi connectivity index (χ2v) is 12.6. The van der Waals surface area contributed by atoms with Crippen LogP contribution in [-0.2, 0) is 4.79 Å². The Morgan fingerprint density at radius 2 is 1.66 bits per heavy atom. The molecule has 4 rings (SSSR count). The normalized spacial score (nSPS) is 48.2. The molecule has 1 N–H and O–H groups in total. The first kappa shape index (κ1) is 21.8. The topological polar surface area (TPSA) is 37.3 Å². The van der Waals surface area contributed by atoms with Crippen LogP contribution >= 0.6 is 0 Å². The van der Waals surface area contributed by atoms with Crippen LogP contribution in [0.2, 0.25) is 0 Å². The van der Waals surface area contributed by atoms with Crippen molar-refractivity contribution in [1.29, 1.82) is 0 Å². The molecule has 0 unspecified atom stereocenters. The average Bonchev–Trinajstić information content (AvgIpc) is 3.00. The molecule has 0 amide bonds. The number of hydrogen-bond acceptors (Lipinski definition) is 2. The Hall–Kier alpha value is -0.370. The Kier molecular flexibility index (Phi) is 5.99. The average molecular weight is 403 g/mol. The van der Waals surface area contributed by atoms with Crippen LogP contribution in [0.25, 0.3) is 0 Å². The van der Waals surface area contributed by atoms with E-state index in [2.05, 4.69) is 34.6 Å². The molecule has 2 nitrogen and oxygen atoms in total. The summed E-state index contributed by atoms with van der Waals surface area (Å²) in [6, 6.07) is 0. The van der Waals surface area contributed by atoms with Gasteiger partial charge in [0.05, 0.1) is 6.10 Å². The van der Waals surface area contributed by atoms with Crippen molar-refractivity contribution in [2.24, 2.45) is 52.3 Å². The highest BCUT2D eigenvalue weighted by atomic mass is 16.3. The summed E-state index contributed by atoms with van der Waals surface area (Å²) in [5.74, 6) is 5.21. The number of carbonyl (C=O) groups excluding carboxylic acids is 1. The second-order valence-electron chi connectivity index (χ2n) is 12.6. The van der Waals surface area contributed by atoms with Gasteiger partial charge in [0.1, 0.15) is 5.78 Å². The van der Waals surface area contributed by atoms with Crippen LogP contribution in [0.4, 0.5) is 0 Å². The Morgan fingerprint density at radius 1 is 0.966 bits per heavy atom. The molecular weight excluding hydrogens is 356 g/mol. The fourth-order valence-electron chi connectivity index (χ4n) is 9.04. The molecule has 0 aromatic rings. The number of Topliss-reactive ketones (excluding diaryl/α,β-unsaturated/α-hetero) is 1. The third-order valence-corrected chi connectivity index (χ3v) is 10.6. The summed E-state index contributed by atoms with van der Waals surface area (Å²) in [6.07, 6.45) is 12.8. The minimum Gasteiger partial charge on any atom is -0.393 e. The molecule has 4 fully saturated rings. The lowest BCUT2D eigenvalue weighted by molar-refractivity contribution is -0.160. The van der Waals surface area contributed by atoms with Crippen LogP contribution in [0.1, 0.15) is 105 Å². The van der Waals surface area contributed by atoms with Crippen LogP contribution in [0.15, 0.2) is 0 Å². The smallest absolute Gasteiger partial charge is 0.136 e. The van der Waals surface area contributed by atoms with Gasteiger partial charge < -0.3 is 5.11 Å². The number of aliphatic hydroxyl groups is 1. The van der Waals surface area contributed by atoms with Crippen molar-refractivity contribution in [2.45, 2.75) is 111 Å². The van der Waals surface area contributed by atoms with Crippen LogP contribution in [-0.4, -0.2) is 17.0 Å². The second kappa shape index (κ2) is 7.95. The van der Waals surface area contributed by atoms with E-state index in [-0.39, 0.29) is 17.4 Å². The highest BCUT2D eigenvalue weighted by Gasteiger charge is 2.62. The largest absolute Gasteiger partial charge is 0.393 e. The number of aliphatic hydroxyl groups excluding tert-OH is 1. The molecule has 0 heterocycles. The first-order chi connectivity index (χ1) is 13.7. The van der Waals surface area contributed by atoms with Crippen LogP contribution in [0.5, 0.6) is 0 Å². The number of ketones is 1. The molecule has 0 aromatic heterocycles. The third-order valence-electron chi connectivity index (χ3n) is 10.6. The van der Waals surface area contributed by atoms with Gasteiger partial charge in [-0.3, -0.25) is 4.79 Å². The van der Waals surface area contributed by atoms with Crippen molar-refractivity contribution in [3.8, 4) is 0 Å². The van der Waals surface area contributed by atoms with Gasteiger partial charge in [-0.15, -0.1) is 0 Å². The van der Waals surface area contributed by atoms with Gasteiger partial charge in [0.25, 0.3) is 0 Å². The third kappa shape index (κ3) is 3.64. The molecule has 0 bridgehead atoms. The molecule has 0 radical (unpaired) electrons. The maximum Gasteiger partial charge on any atom is 0.136 e.